The first-order chi connectivity index (χ1) is 16.7. The van der Waals surface area contributed by atoms with Crippen molar-refractivity contribution in [3.63, 3.8) is 0 Å². The minimum Gasteiger partial charge on any atom is -0.493 e. The topological polar surface area (TPSA) is 72.6 Å². The van der Waals surface area contributed by atoms with Crippen molar-refractivity contribution in [1.82, 2.24) is 5.16 Å². The number of hydrogen-bond acceptors (Lipinski definition) is 5. The van der Waals surface area contributed by atoms with Crippen molar-refractivity contribution in [3.05, 3.63) is 52.7 Å². The first-order valence-corrected chi connectivity index (χ1v) is 12.8. The van der Waals surface area contributed by atoms with E-state index in [0.29, 0.717) is 24.3 Å². The number of hydrogen-bond donors (Lipinski definition) is 1. The van der Waals surface area contributed by atoms with Gasteiger partial charge in [0, 0.05) is 16.2 Å². The number of carboxylic acid groups (broad SMARTS) is 1. The van der Waals surface area contributed by atoms with Crippen LogP contribution in [0.25, 0.3) is 11.0 Å². The van der Waals surface area contributed by atoms with E-state index in [-0.39, 0.29) is 11.0 Å². The predicted octanol–water partition coefficient (Wildman–Crippen LogP) is 7.50. The summed E-state index contributed by atoms with van der Waals surface area (Å²) in [6.07, 6.45) is -0.760. The highest BCUT2D eigenvalue weighted by Gasteiger charge is 2.37. The van der Waals surface area contributed by atoms with E-state index in [1.807, 2.05) is 25.1 Å². The number of halogens is 3. The second-order valence-electron chi connectivity index (χ2n) is 8.43. The number of aliphatic carboxylic acids is 1. The number of carboxylic acids is 1. The van der Waals surface area contributed by atoms with Crippen LogP contribution in [0.3, 0.4) is 0 Å². The number of ether oxygens (including phenoxy) is 1. The molecule has 3 aromatic rings. The van der Waals surface area contributed by atoms with Gasteiger partial charge in [-0.05, 0) is 55.5 Å². The summed E-state index contributed by atoms with van der Waals surface area (Å²) >= 11 is 1.69. The molecule has 0 fully saturated rings. The lowest BCUT2D eigenvalue weighted by molar-refractivity contribution is -0.141. The van der Waals surface area contributed by atoms with Crippen molar-refractivity contribution < 1.29 is 32.3 Å². The van der Waals surface area contributed by atoms with Gasteiger partial charge >= 0.3 is 12.1 Å². The molecular formula is C26H30F3NO4S. The average molecular weight is 510 g/mol. The Labute approximate surface area is 207 Å². The first kappa shape index (κ1) is 26.9. The lowest BCUT2D eigenvalue weighted by Gasteiger charge is -2.14. The Balaban J connectivity index is 1.64. The normalized spacial score (nSPS) is 12.7. The number of aryl methyl sites for hydroxylation is 2. The van der Waals surface area contributed by atoms with E-state index in [2.05, 4.69) is 12.1 Å². The summed E-state index contributed by atoms with van der Waals surface area (Å²) in [5.74, 6) is -0.0843. The summed E-state index contributed by atoms with van der Waals surface area (Å²) in [6, 6.07) is 8.76. The van der Waals surface area contributed by atoms with E-state index >= 15 is 0 Å². The highest BCUT2D eigenvalue weighted by molar-refractivity contribution is 7.99. The molecule has 0 aliphatic heterocycles. The predicted molar refractivity (Wildman–Crippen MR) is 130 cm³/mol. The molecule has 2 aromatic carbocycles. The van der Waals surface area contributed by atoms with Crippen LogP contribution in [0.5, 0.6) is 5.75 Å². The molecule has 35 heavy (non-hydrogen) atoms. The van der Waals surface area contributed by atoms with Gasteiger partial charge in [0.05, 0.1) is 17.9 Å². The Morgan fingerprint density at radius 2 is 1.91 bits per heavy atom. The van der Waals surface area contributed by atoms with Gasteiger partial charge in [0.25, 0.3) is 0 Å². The number of nitrogens with zero attached hydrogens (tertiary/aromatic N) is 1. The number of fused-ring (bicyclic) bond motifs is 1. The van der Waals surface area contributed by atoms with Gasteiger partial charge in [0.2, 0.25) is 0 Å². The van der Waals surface area contributed by atoms with Crippen LogP contribution < -0.4 is 4.74 Å². The average Bonchev–Trinajstić information content (AvgIpc) is 3.25. The summed E-state index contributed by atoms with van der Waals surface area (Å²) in [7, 11) is 0. The molecule has 0 spiro atoms. The van der Waals surface area contributed by atoms with Crippen LogP contribution in [-0.4, -0.2) is 28.6 Å². The minimum atomic E-state index is -4.57. The molecular weight excluding hydrogens is 479 g/mol. The summed E-state index contributed by atoms with van der Waals surface area (Å²) in [5.41, 5.74) is 1.67. The van der Waals surface area contributed by atoms with E-state index in [0.717, 1.165) is 47.5 Å². The van der Waals surface area contributed by atoms with Gasteiger partial charge in [-0.1, -0.05) is 44.0 Å². The van der Waals surface area contributed by atoms with E-state index in [9.17, 15) is 23.1 Å². The fourth-order valence-electron chi connectivity index (χ4n) is 3.91. The molecule has 0 bridgehead atoms. The number of rotatable bonds is 12. The zero-order valence-corrected chi connectivity index (χ0v) is 20.9. The van der Waals surface area contributed by atoms with Gasteiger partial charge in [0.1, 0.15) is 5.75 Å². The van der Waals surface area contributed by atoms with E-state index in [1.54, 1.807) is 24.8 Å². The van der Waals surface area contributed by atoms with E-state index < -0.39 is 23.8 Å². The molecule has 1 aromatic heterocycles. The highest BCUT2D eigenvalue weighted by Crippen LogP contribution is 2.38. The molecule has 0 aliphatic rings. The molecule has 1 N–H and O–H groups in total. The molecule has 190 valence electrons. The van der Waals surface area contributed by atoms with E-state index in [4.69, 9.17) is 9.26 Å². The van der Waals surface area contributed by atoms with Crippen LogP contribution >= 0.6 is 11.8 Å². The SMILES string of the molecule is CCCc1cc(C(C)C(=O)O)ccc1SCCCOc1ccc2c(C(F)(F)F)noc2c1CCC. The van der Waals surface area contributed by atoms with Gasteiger partial charge in [-0.3, -0.25) is 4.79 Å². The summed E-state index contributed by atoms with van der Waals surface area (Å²) in [5, 5.41) is 12.5. The molecule has 0 aliphatic carbocycles. The number of thioether (sulfide) groups is 1. The van der Waals surface area contributed by atoms with Gasteiger partial charge in [0.15, 0.2) is 11.3 Å². The van der Waals surface area contributed by atoms with Crippen LogP contribution in [0.2, 0.25) is 0 Å². The maximum absolute atomic E-state index is 13.2. The third-order valence-electron chi connectivity index (χ3n) is 5.75. The van der Waals surface area contributed by atoms with Crippen LogP contribution in [0.4, 0.5) is 13.2 Å². The summed E-state index contributed by atoms with van der Waals surface area (Å²) in [4.78, 5) is 12.4. The number of alkyl halides is 3. The van der Waals surface area contributed by atoms with Crippen LogP contribution in [0, 0.1) is 0 Å². The Morgan fingerprint density at radius 3 is 2.57 bits per heavy atom. The van der Waals surface area contributed by atoms with Crippen LogP contribution in [0.15, 0.2) is 39.8 Å². The second kappa shape index (κ2) is 11.8. The lowest BCUT2D eigenvalue weighted by atomic mass is 9.98. The standard InChI is InChI=1S/C26H30F3NO4S/c1-4-7-18-15-17(16(3)25(31)32)9-12-22(18)35-14-6-13-33-21-11-10-20-23(19(21)8-5-2)34-30-24(20)26(27,28)29/h9-12,15-16H,4-8,13-14H2,1-3H3,(H,31,32). The number of carbonyl (C=O) groups is 1. The second-order valence-corrected chi connectivity index (χ2v) is 9.56. The largest absolute Gasteiger partial charge is 0.493 e. The maximum Gasteiger partial charge on any atom is 0.437 e. The van der Waals surface area contributed by atoms with Crippen LogP contribution in [-0.2, 0) is 23.8 Å². The summed E-state index contributed by atoms with van der Waals surface area (Å²) in [6.45, 7) is 6.13. The fraction of sp³-hybridized carbons (Fsp3) is 0.462. The van der Waals surface area contributed by atoms with Crippen molar-refractivity contribution in [2.75, 3.05) is 12.4 Å². The summed E-state index contributed by atoms with van der Waals surface area (Å²) < 4.78 is 50.6. The molecule has 9 heteroatoms. The van der Waals surface area contributed by atoms with Gasteiger partial charge in [-0.15, -0.1) is 11.8 Å². The van der Waals surface area contributed by atoms with E-state index in [1.165, 1.54) is 6.07 Å². The third-order valence-corrected chi connectivity index (χ3v) is 6.95. The number of aromatic nitrogens is 1. The molecule has 1 heterocycles. The van der Waals surface area contributed by atoms with Crippen molar-refractivity contribution in [3.8, 4) is 5.75 Å². The van der Waals surface area contributed by atoms with Crippen LogP contribution in [0.1, 0.15) is 68.3 Å². The minimum absolute atomic E-state index is 0.0482. The van der Waals surface area contributed by atoms with Gasteiger partial charge in [-0.25, -0.2) is 0 Å². The Kier molecular flexibility index (Phi) is 9.10. The monoisotopic (exact) mass is 509 g/mol. The van der Waals surface area contributed by atoms with Crippen molar-refractivity contribution >= 4 is 28.7 Å². The molecule has 0 radical (unpaired) electrons. The zero-order valence-electron chi connectivity index (χ0n) is 20.1. The molecule has 5 nitrogen and oxygen atoms in total. The molecule has 3 rings (SSSR count). The Morgan fingerprint density at radius 1 is 1.17 bits per heavy atom. The molecule has 0 saturated carbocycles. The van der Waals surface area contributed by atoms with Gasteiger partial charge < -0.3 is 14.4 Å². The van der Waals surface area contributed by atoms with Gasteiger partial charge in [-0.2, -0.15) is 13.2 Å². The molecule has 1 atom stereocenters. The highest BCUT2D eigenvalue weighted by atomic mass is 32.2. The molecule has 0 amide bonds. The van der Waals surface area contributed by atoms with Crippen molar-refractivity contribution in [1.29, 1.82) is 0 Å². The Bertz CT molecular complexity index is 1160. The third kappa shape index (κ3) is 6.51. The quantitative estimate of drug-likeness (QED) is 0.201. The fourth-order valence-corrected chi connectivity index (χ4v) is 4.90. The molecule has 0 saturated heterocycles. The first-order valence-electron chi connectivity index (χ1n) is 11.8. The number of benzene rings is 2. The molecule has 1 unspecified atom stereocenters. The lowest BCUT2D eigenvalue weighted by Crippen LogP contribution is -2.08. The van der Waals surface area contributed by atoms with Crippen molar-refractivity contribution in [2.24, 2.45) is 0 Å². The Hall–Kier alpha value is -2.68. The maximum atomic E-state index is 13.2. The van der Waals surface area contributed by atoms with Crippen molar-refractivity contribution in [2.45, 2.75) is 69.9 Å². The zero-order chi connectivity index (χ0) is 25.6. The smallest absolute Gasteiger partial charge is 0.437 e.